The van der Waals surface area contributed by atoms with Gasteiger partial charge in [0.05, 0.1) is 17.7 Å². The van der Waals surface area contributed by atoms with E-state index in [2.05, 4.69) is 6.07 Å². The van der Waals surface area contributed by atoms with Gasteiger partial charge < -0.3 is 10.0 Å². The Morgan fingerprint density at radius 2 is 2.26 bits per heavy atom. The molecule has 2 aliphatic rings. The summed E-state index contributed by atoms with van der Waals surface area (Å²) in [5, 5.41) is 19.7. The average molecular weight is 256 g/mol. The Labute approximate surface area is 112 Å². The lowest BCUT2D eigenvalue weighted by molar-refractivity contribution is -0.125. The van der Waals surface area contributed by atoms with Crippen LogP contribution in [0.5, 0.6) is 0 Å². The molecule has 0 aliphatic carbocycles. The average Bonchev–Trinajstić information content (AvgIpc) is 2.72. The lowest BCUT2D eigenvalue weighted by Gasteiger charge is -2.43. The van der Waals surface area contributed by atoms with Gasteiger partial charge in [0.1, 0.15) is 0 Å². The molecule has 3 atom stereocenters. The highest BCUT2D eigenvalue weighted by atomic mass is 16.3. The van der Waals surface area contributed by atoms with Crippen molar-refractivity contribution in [1.82, 2.24) is 0 Å². The first kappa shape index (κ1) is 12.2. The van der Waals surface area contributed by atoms with Crippen molar-refractivity contribution < 1.29 is 9.90 Å². The summed E-state index contributed by atoms with van der Waals surface area (Å²) in [6, 6.07) is 9.54. The molecule has 1 saturated heterocycles. The van der Waals surface area contributed by atoms with Gasteiger partial charge in [-0.05, 0) is 25.0 Å². The Morgan fingerprint density at radius 3 is 3.00 bits per heavy atom. The molecule has 0 spiro atoms. The number of hydrogen-bond donors (Lipinski definition) is 1. The molecule has 0 radical (unpaired) electrons. The zero-order chi connectivity index (χ0) is 13.6. The molecular formula is C15H16N2O2. The van der Waals surface area contributed by atoms with Crippen molar-refractivity contribution in [3.63, 3.8) is 0 Å². The molecule has 4 heteroatoms. The van der Waals surface area contributed by atoms with E-state index in [4.69, 9.17) is 5.26 Å². The number of rotatable bonds is 1. The summed E-state index contributed by atoms with van der Waals surface area (Å²) in [5.74, 6) is -0.0511. The van der Waals surface area contributed by atoms with E-state index in [0.29, 0.717) is 19.3 Å². The molecule has 98 valence electrons. The van der Waals surface area contributed by atoms with Gasteiger partial charge >= 0.3 is 0 Å². The van der Waals surface area contributed by atoms with Gasteiger partial charge in [0.25, 0.3) is 0 Å². The number of carbonyl (C=O) groups excluding carboxylic acids is 1. The standard InChI is InChI=1S/C15H16N2O2/c1-15(19)8-6-13(18)17-12-5-3-2-4-10(12)11(7-9-16)14(15)17/h2-5,11,14,19H,6-8H2,1H3/t11-,14-,15+/m1/s1. The van der Waals surface area contributed by atoms with Crippen LogP contribution in [0.1, 0.15) is 37.7 Å². The van der Waals surface area contributed by atoms with Crippen LogP contribution in [0.25, 0.3) is 0 Å². The summed E-state index contributed by atoms with van der Waals surface area (Å²) in [7, 11) is 0. The van der Waals surface area contributed by atoms with Gasteiger partial charge in [0.2, 0.25) is 5.91 Å². The summed E-state index contributed by atoms with van der Waals surface area (Å²) in [6.45, 7) is 1.77. The predicted molar refractivity (Wildman–Crippen MR) is 70.5 cm³/mol. The van der Waals surface area contributed by atoms with Crippen LogP contribution >= 0.6 is 0 Å². The summed E-state index contributed by atoms with van der Waals surface area (Å²) >= 11 is 0. The highest BCUT2D eigenvalue weighted by molar-refractivity contribution is 5.98. The molecule has 3 rings (SSSR count). The number of piperidine rings is 1. The smallest absolute Gasteiger partial charge is 0.227 e. The van der Waals surface area contributed by atoms with Crippen molar-refractivity contribution in [2.45, 2.75) is 43.7 Å². The van der Waals surface area contributed by atoms with Crippen LogP contribution in [0.2, 0.25) is 0 Å². The molecule has 1 amide bonds. The second-order valence-corrected chi connectivity index (χ2v) is 5.59. The van der Waals surface area contributed by atoms with Crippen LogP contribution < -0.4 is 4.90 Å². The maximum absolute atomic E-state index is 12.2. The van der Waals surface area contributed by atoms with E-state index < -0.39 is 5.60 Å². The maximum Gasteiger partial charge on any atom is 0.227 e. The van der Waals surface area contributed by atoms with Gasteiger partial charge in [-0.3, -0.25) is 4.79 Å². The van der Waals surface area contributed by atoms with Crippen LogP contribution in [0.3, 0.4) is 0 Å². The fourth-order valence-corrected chi connectivity index (χ4v) is 3.47. The number of amides is 1. The number of aliphatic hydroxyl groups is 1. The molecule has 1 aromatic carbocycles. The zero-order valence-corrected chi connectivity index (χ0v) is 10.8. The predicted octanol–water partition coefficient (Wildman–Crippen LogP) is 1.94. The van der Waals surface area contributed by atoms with Crippen LogP contribution in [0.15, 0.2) is 24.3 Å². The highest BCUT2D eigenvalue weighted by Crippen LogP contribution is 2.49. The van der Waals surface area contributed by atoms with Crippen molar-refractivity contribution in [3.05, 3.63) is 29.8 Å². The van der Waals surface area contributed by atoms with Gasteiger partial charge in [0.15, 0.2) is 0 Å². The largest absolute Gasteiger partial charge is 0.388 e. The molecule has 1 aromatic rings. The number of para-hydroxylation sites is 1. The van der Waals surface area contributed by atoms with Crippen molar-refractivity contribution in [1.29, 1.82) is 5.26 Å². The Balaban J connectivity index is 2.16. The molecule has 0 aromatic heterocycles. The first-order valence-electron chi connectivity index (χ1n) is 6.56. The second-order valence-electron chi connectivity index (χ2n) is 5.59. The number of benzene rings is 1. The molecule has 2 heterocycles. The molecule has 0 saturated carbocycles. The normalized spacial score (nSPS) is 32.7. The van der Waals surface area contributed by atoms with E-state index in [-0.39, 0.29) is 17.9 Å². The minimum Gasteiger partial charge on any atom is -0.388 e. The summed E-state index contributed by atoms with van der Waals surface area (Å²) in [6.07, 6.45) is 1.14. The van der Waals surface area contributed by atoms with Gasteiger partial charge in [-0.2, -0.15) is 5.26 Å². The van der Waals surface area contributed by atoms with Crippen molar-refractivity contribution in [2.24, 2.45) is 0 Å². The van der Waals surface area contributed by atoms with E-state index in [1.54, 1.807) is 11.8 Å². The van der Waals surface area contributed by atoms with Crippen LogP contribution in [0, 0.1) is 11.3 Å². The number of nitrogens with zero attached hydrogens (tertiary/aromatic N) is 2. The third-order valence-corrected chi connectivity index (χ3v) is 4.32. The Hall–Kier alpha value is -1.86. The van der Waals surface area contributed by atoms with E-state index >= 15 is 0 Å². The second kappa shape index (κ2) is 4.07. The lowest BCUT2D eigenvalue weighted by Crippen LogP contribution is -2.57. The molecule has 1 fully saturated rings. The Morgan fingerprint density at radius 1 is 1.53 bits per heavy atom. The summed E-state index contributed by atoms with van der Waals surface area (Å²) in [4.78, 5) is 13.9. The quantitative estimate of drug-likeness (QED) is 0.835. The number of fused-ring (bicyclic) bond motifs is 3. The van der Waals surface area contributed by atoms with Crippen LogP contribution in [0.4, 0.5) is 5.69 Å². The summed E-state index contributed by atoms with van der Waals surface area (Å²) < 4.78 is 0. The van der Waals surface area contributed by atoms with Gasteiger partial charge in [-0.25, -0.2) is 0 Å². The third kappa shape index (κ3) is 1.66. The molecule has 2 aliphatic heterocycles. The van der Waals surface area contributed by atoms with Crippen molar-refractivity contribution in [2.75, 3.05) is 4.90 Å². The third-order valence-electron chi connectivity index (χ3n) is 4.32. The molecule has 1 N–H and O–H groups in total. The van der Waals surface area contributed by atoms with E-state index in [1.807, 2.05) is 24.3 Å². The monoisotopic (exact) mass is 256 g/mol. The molecular weight excluding hydrogens is 240 g/mol. The maximum atomic E-state index is 12.2. The summed E-state index contributed by atoms with van der Waals surface area (Å²) in [5.41, 5.74) is 0.927. The van der Waals surface area contributed by atoms with Crippen LogP contribution in [-0.4, -0.2) is 22.7 Å². The lowest BCUT2D eigenvalue weighted by atomic mass is 9.78. The molecule has 0 bridgehead atoms. The minimum absolute atomic E-state index is 0.0458. The first-order valence-corrected chi connectivity index (χ1v) is 6.56. The number of anilines is 1. The Bertz CT molecular complexity index is 574. The van der Waals surface area contributed by atoms with Gasteiger partial charge in [0, 0.05) is 24.4 Å². The first-order chi connectivity index (χ1) is 9.06. The van der Waals surface area contributed by atoms with Gasteiger partial charge in [-0.1, -0.05) is 18.2 Å². The number of nitriles is 1. The molecule has 19 heavy (non-hydrogen) atoms. The number of hydrogen-bond acceptors (Lipinski definition) is 3. The topological polar surface area (TPSA) is 64.3 Å². The van der Waals surface area contributed by atoms with E-state index in [1.165, 1.54) is 0 Å². The SMILES string of the molecule is C[C@]1(O)CCC(=O)N2c3ccccc3[C@@H](CC#N)[C@@H]21. The molecule has 0 unspecified atom stereocenters. The zero-order valence-electron chi connectivity index (χ0n) is 10.8. The van der Waals surface area contributed by atoms with Gasteiger partial charge in [-0.15, -0.1) is 0 Å². The van der Waals surface area contributed by atoms with Crippen LogP contribution in [-0.2, 0) is 4.79 Å². The fourth-order valence-electron chi connectivity index (χ4n) is 3.47. The highest BCUT2D eigenvalue weighted by Gasteiger charge is 2.52. The Kier molecular flexibility index (Phi) is 2.61. The number of carbonyl (C=O) groups is 1. The molecule has 4 nitrogen and oxygen atoms in total. The fraction of sp³-hybridized carbons (Fsp3) is 0.467. The van der Waals surface area contributed by atoms with Crippen molar-refractivity contribution in [3.8, 4) is 6.07 Å². The van der Waals surface area contributed by atoms with E-state index in [0.717, 1.165) is 11.3 Å². The van der Waals surface area contributed by atoms with Crippen molar-refractivity contribution >= 4 is 11.6 Å². The van der Waals surface area contributed by atoms with E-state index in [9.17, 15) is 9.90 Å². The minimum atomic E-state index is -0.936.